The molecule has 0 aromatic heterocycles. The first kappa shape index (κ1) is 14.1. The Morgan fingerprint density at radius 3 is 2.47 bits per heavy atom. The summed E-state index contributed by atoms with van der Waals surface area (Å²) in [4.78, 5) is 0. The van der Waals surface area contributed by atoms with Gasteiger partial charge in [-0.25, -0.2) is 0 Å². The maximum absolute atomic E-state index is 10.4. The number of aliphatic hydroxyl groups excluding tert-OH is 1. The number of hydrogen-bond donors (Lipinski definition) is 1. The summed E-state index contributed by atoms with van der Waals surface area (Å²) in [5.74, 6) is 1.25. The molecule has 0 bridgehead atoms. The first-order chi connectivity index (χ1) is 9.17. The third-order valence-corrected chi connectivity index (χ3v) is 3.28. The molecule has 0 saturated carbocycles. The van der Waals surface area contributed by atoms with Gasteiger partial charge in [0.25, 0.3) is 0 Å². The van der Waals surface area contributed by atoms with Crippen LogP contribution in [-0.4, -0.2) is 45.3 Å². The predicted octanol–water partition coefficient (Wildman–Crippen LogP) is 1.46. The van der Waals surface area contributed by atoms with Crippen LogP contribution in [0.4, 0.5) is 0 Å². The summed E-state index contributed by atoms with van der Waals surface area (Å²) in [6, 6.07) is 3.64. The predicted molar refractivity (Wildman–Crippen MR) is 69.8 cm³/mol. The number of aliphatic hydroxyl groups is 1. The molecule has 5 nitrogen and oxygen atoms in total. The van der Waals surface area contributed by atoms with Crippen LogP contribution in [0.25, 0.3) is 0 Å². The Balaban J connectivity index is 2.27. The summed E-state index contributed by atoms with van der Waals surface area (Å²) < 4.78 is 21.4. The molecule has 2 unspecified atom stereocenters. The second-order valence-electron chi connectivity index (χ2n) is 4.49. The topological polar surface area (TPSA) is 57.2 Å². The monoisotopic (exact) mass is 268 g/mol. The maximum Gasteiger partial charge on any atom is 0.161 e. The lowest BCUT2D eigenvalue weighted by molar-refractivity contribution is -0.133. The van der Waals surface area contributed by atoms with Crippen molar-refractivity contribution in [2.45, 2.75) is 19.1 Å². The number of rotatable bonds is 4. The lowest BCUT2D eigenvalue weighted by Gasteiger charge is -2.28. The van der Waals surface area contributed by atoms with Gasteiger partial charge in [-0.3, -0.25) is 0 Å². The van der Waals surface area contributed by atoms with Crippen LogP contribution >= 0.6 is 0 Å². The summed E-state index contributed by atoms with van der Waals surface area (Å²) in [7, 11) is 3.16. The molecule has 1 N–H and O–H groups in total. The van der Waals surface area contributed by atoms with Crippen LogP contribution in [-0.2, 0) is 9.47 Å². The summed E-state index contributed by atoms with van der Waals surface area (Å²) in [5.41, 5.74) is 1.70. The molecule has 1 aromatic rings. The minimum atomic E-state index is -0.736. The number of hydrogen-bond acceptors (Lipinski definition) is 5. The van der Waals surface area contributed by atoms with Crippen molar-refractivity contribution in [3.05, 3.63) is 23.3 Å². The fraction of sp³-hybridized carbons (Fsp3) is 0.571. The molecule has 0 amide bonds. The third-order valence-electron chi connectivity index (χ3n) is 3.28. The summed E-state index contributed by atoms with van der Waals surface area (Å²) in [6.07, 6.45) is -1.08. The Hall–Kier alpha value is -1.30. The van der Waals surface area contributed by atoms with Gasteiger partial charge in [0.15, 0.2) is 11.5 Å². The molecule has 19 heavy (non-hydrogen) atoms. The van der Waals surface area contributed by atoms with E-state index in [2.05, 4.69) is 0 Å². The smallest absolute Gasteiger partial charge is 0.161 e. The number of ether oxygens (including phenoxy) is 4. The van der Waals surface area contributed by atoms with E-state index >= 15 is 0 Å². The Morgan fingerprint density at radius 2 is 1.89 bits per heavy atom. The van der Waals surface area contributed by atoms with Gasteiger partial charge < -0.3 is 24.1 Å². The molecule has 0 aliphatic carbocycles. The molecule has 5 heteroatoms. The Bertz CT molecular complexity index is 426. The average Bonchev–Trinajstić information content (AvgIpc) is 2.47. The molecule has 0 radical (unpaired) electrons. The average molecular weight is 268 g/mol. The highest BCUT2D eigenvalue weighted by atomic mass is 16.6. The van der Waals surface area contributed by atoms with E-state index < -0.39 is 6.10 Å². The Kier molecular flexibility index (Phi) is 4.63. The molecule has 106 valence electrons. The normalized spacial score (nSPS) is 20.9. The second kappa shape index (κ2) is 6.23. The van der Waals surface area contributed by atoms with Crippen LogP contribution in [0.2, 0.25) is 0 Å². The zero-order valence-corrected chi connectivity index (χ0v) is 11.5. The lowest BCUT2D eigenvalue weighted by Crippen LogP contribution is -2.34. The van der Waals surface area contributed by atoms with E-state index in [4.69, 9.17) is 18.9 Å². The van der Waals surface area contributed by atoms with Gasteiger partial charge in [0.2, 0.25) is 0 Å². The fourth-order valence-corrected chi connectivity index (χ4v) is 2.20. The third kappa shape index (κ3) is 3.00. The van der Waals surface area contributed by atoms with Crippen LogP contribution in [0.3, 0.4) is 0 Å². The quantitative estimate of drug-likeness (QED) is 0.896. The van der Waals surface area contributed by atoms with Crippen LogP contribution in [0.15, 0.2) is 12.1 Å². The molecular weight excluding hydrogens is 248 g/mol. The number of methoxy groups -OCH3 is 2. The highest BCUT2D eigenvalue weighted by Gasteiger charge is 2.26. The maximum atomic E-state index is 10.4. The van der Waals surface area contributed by atoms with Crippen molar-refractivity contribution < 1.29 is 24.1 Å². The molecule has 1 aliphatic heterocycles. The van der Waals surface area contributed by atoms with E-state index in [9.17, 15) is 5.11 Å². The van der Waals surface area contributed by atoms with Crippen molar-refractivity contribution in [2.75, 3.05) is 34.0 Å². The number of benzene rings is 1. The van der Waals surface area contributed by atoms with Gasteiger partial charge in [0, 0.05) is 0 Å². The van der Waals surface area contributed by atoms with Crippen molar-refractivity contribution in [1.82, 2.24) is 0 Å². The van der Waals surface area contributed by atoms with Gasteiger partial charge >= 0.3 is 0 Å². The largest absolute Gasteiger partial charge is 0.493 e. The second-order valence-corrected chi connectivity index (χ2v) is 4.49. The van der Waals surface area contributed by atoms with E-state index in [0.717, 1.165) is 11.1 Å². The van der Waals surface area contributed by atoms with Gasteiger partial charge in [-0.1, -0.05) is 0 Å². The van der Waals surface area contributed by atoms with E-state index in [1.807, 2.05) is 13.0 Å². The standard InChI is InChI=1S/C14H20O5/c1-9-6-11(16-2)12(17-3)7-10(9)14(15)13-8-18-4-5-19-13/h6-7,13-15H,4-5,8H2,1-3H3. The SMILES string of the molecule is COc1cc(C)c(C(O)C2COCCO2)cc1OC. The lowest BCUT2D eigenvalue weighted by atomic mass is 9.98. The zero-order chi connectivity index (χ0) is 13.8. The minimum absolute atomic E-state index is 0.342. The highest BCUT2D eigenvalue weighted by molar-refractivity contribution is 5.48. The van der Waals surface area contributed by atoms with E-state index in [0.29, 0.717) is 31.3 Å². The van der Waals surface area contributed by atoms with Crippen molar-refractivity contribution >= 4 is 0 Å². The van der Waals surface area contributed by atoms with Crippen molar-refractivity contribution in [3.63, 3.8) is 0 Å². The first-order valence-electron chi connectivity index (χ1n) is 6.27. The molecule has 1 fully saturated rings. The van der Waals surface area contributed by atoms with Crippen LogP contribution in [0, 0.1) is 6.92 Å². The molecule has 1 saturated heterocycles. The fourth-order valence-electron chi connectivity index (χ4n) is 2.20. The summed E-state index contributed by atoms with van der Waals surface area (Å²) in [6.45, 7) is 3.40. The van der Waals surface area contributed by atoms with Crippen LogP contribution < -0.4 is 9.47 Å². The zero-order valence-electron chi connectivity index (χ0n) is 11.5. The van der Waals surface area contributed by atoms with Gasteiger partial charge in [-0.2, -0.15) is 0 Å². The van der Waals surface area contributed by atoms with Crippen molar-refractivity contribution in [2.24, 2.45) is 0 Å². The molecule has 1 aromatic carbocycles. The Labute approximate surface area is 113 Å². The van der Waals surface area contributed by atoms with Crippen molar-refractivity contribution in [3.8, 4) is 11.5 Å². The van der Waals surface area contributed by atoms with Gasteiger partial charge in [0.1, 0.15) is 12.2 Å². The first-order valence-corrected chi connectivity index (χ1v) is 6.27. The highest BCUT2D eigenvalue weighted by Crippen LogP contribution is 2.34. The molecule has 0 spiro atoms. The van der Waals surface area contributed by atoms with Crippen molar-refractivity contribution in [1.29, 1.82) is 0 Å². The number of aryl methyl sites for hydroxylation is 1. The van der Waals surface area contributed by atoms with Gasteiger partial charge in [-0.05, 0) is 30.2 Å². The molecule has 1 heterocycles. The molecule has 2 rings (SSSR count). The summed E-state index contributed by atoms with van der Waals surface area (Å²) >= 11 is 0. The van der Waals surface area contributed by atoms with E-state index in [1.165, 1.54) is 0 Å². The minimum Gasteiger partial charge on any atom is -0.493 e. The van der Waals surface area contributed by atoms with E-state index in [-0.39, 0.29) is 6.10 Å². The van der Waals surface area contributed by atoms with Gasteiger partial charge in [-0.15, -0.1) is 0 Å². The van der Waals surface area contributed by atoms with Crippen LogP contribution in [0.1, 0.15) is 17.2 Å². The molecule has 1 aliphatic rings. The van der Waals surface area contributed by atoms with Crippen LogP contribution in [0.5, 0.6) is 11.5 Å². The summed E-state index contributed by atoms with van der Waals surface area (Å²) in [5, 5.41) is 10.4. The molecule has 2 atom stereocenters. The van der Waals surface area contributed by atoms with E-state index in [1.54, 1.807) is 20.3 Å². The van der Waals surface area contributed by atoms with Gasteiger partial charge in [0.05, 0.1) is 34.0 Å². The Morgan fingerprint density at radius 1 is 1.21 bits per heavy atom. The molecular formula is C14H20O5.